The highest BCUT2D eigenvalue weighted by Gasteiger charge is 2.37. The molecular formula is C25H19N5O2S. The number of hydrogen-bond donors (Lipinski definition) is 3. The number of H-pyrrole nitrogens is 1. The number of rotatable bonds is 3. The van der Waals surface area contributed by atoms with Crippen LogP contribution in [0.1, 0.15) is 28.3 Å². The number of thiophene rings is 1. The molecule has 0 saturated heterocycles. The van der Waals surface area contributed by atoms with E-state index in [1.54, 1.807) is 13.1 Å². The number of urea groups is 1. The molecule has 5 rings (SSSR count). The Labute approximate surface area is 193 Å². The van der Waals surface area contributed by atoms with Gasteiger partial charge in [-0.25, -0.2) is 9.79 Å². The monoisotopic (exact) mass is 453 g/mol. The van der Waals surface area contributed by atoms with Gasteiger partial charge in [-0.15, -0.1) is 11.3 Å². The summed E-state index contributed by atoms with van der Waals surface area (Å²) in [6.07, 6.45) is 1.70. The number of aliphatic imine (C=N–C) groups is 1. The zero-order valence-corrected chi connectivity index (χ0v) is 18.4. The summed E-state index contributed by atoms with van der Waals surface area (Å²) < 4.78 is 0. The van der Waals surface area contributed by atoms with Crippen LogP contribution in [0.15, 0.2) is 71.9 Å². The molecule has 0 saturated carbocycles. The molecule has 2 unspecified atom stereocenters. The molecule has 2 aromatic carbocycles. The molecule has 3 amide bonds. The molecular weight excluding hydrogens is 434 g/mol. The van der Waals surface area contributed by atoms with Crippen LogP contribution in [-0.2, 0) is 4.79 Å². The zero-order chi connectivity index (χ0) is 22.8. The number of benzene rings is 2. The fourth-order valence-electron chi connectivity index (χ4n) is 3.78. The number of aromatic nitrogens is 2. The lowest BCUT2D eigenvalue weighted by Crippen LogP contribution is -2.45. The first-order valence-corrected chi connectivity index (χ1v) is 11.1. The number of aromatic amines is 1. The summed E-state index contributed by atoms with van der Waals surface area (Å²) in [5.41, 5.74) is 2.93. The third-order valence-corrected chi connectivity index (χ3v) is 6.45. The van der Waals surface area contributed by atoms with Crippen LogP contribution in [0.4, 0.5) is 10.5 Å². The minimum atomic E-state index is -0.642. The second kappa shape index (κ2) is 8.73. The number of nitrogens with zero attached hydrogens (tertiary/aromatic N) is 2. The van der Waals surface area contributed by atoms with E-state index in [1.165, 1.54) is 11.3 Å². The van der Waals surface area contributed by atoms with Crippen molar-refractivity contribution in [1.29, 1.82) is 0 Å². The second-order valence-electron chi connectivity index (χ2n) is 7.64. The molecule has 4 aromatic rings. The molecule has 0 bridgehead atoms. The van der Waals surface area contributed by atoms with Crippen LogP contribution in [0, 0.1) is 17.8 Å². The summed E-state index contributed by atoms with van der Waals surface area (Å²) in [4.78, 5) is 31.1. The Kier molecular flexibility index (Phi) is 5.47. The maximum absolute atomic E-state index is 13.3. The molecule has 8 heteroatoms. The normalized spacial score (nSPS) is 17.6. The van der Waals surface area contributed by atoms with Gasteiger partial charge in [-0.3, -0.25) is 9.89 Å². The highest BCUT2D eigenvalue weighted by atomic mass is 32.1. The summed E-state index contributed by atoms with van der Waals surface area (Å²) in [6.45, 7) is 1.71. The van der Waals surface area contributed by atoms with Gasteiger partial charge < -0.3 is 10.6 Å². The molecule has 2 atom stereocenters. The van der Waals surface area contributed by atoms with Gasteiger partial charge >= 0.3 is 6.03 Å². The summed E-state index contributed by atoms with van der Waals surface area (Å²) in [5.74, 6) is 5.41. The number of anilines is 1. The van der Waals surface area contributed by atoms with Crippen molar-refractivity contribution in [2.24, 2.45) is 10.9 Å². The maximum atomic E-state index is 13.3. The molecule has 33 heavy (non-hydrogen) atoms. The minimum Gasteiger partial charge on any atom is -0.327 e. The third-order valence-electron chi connectivity index (χ3n) is 5.37. The standard InChI is InChI=1S/C25H19N5O2S/c1-15-22(24(31)28-18-8-11-20-17(13-18)14-26-30-20)23(29-25(32)27-15)21-12-10-19(33-21)9-7-16-5-3-2-4-6-16/h2-6,8,10-14,22-23H,1H3,(H,26,30)(H,28,31)(H,29,32). The molecule has 3 N–H and O–H groups in total. The lowest BCUT2D eigenvalue weighted by Gasteiger charge is -2.29. The van der Waals surface area contributed by atoms with Crippen LogP contribution < -0.4 is 10.6 Å². The maximum Gasteiger partial charge on any atom is 0.341 e. The minimum absolute atomic E-state index is 0.241. The average molecular weight is 454 g/mol. The largest absolute Gasteiger partial charge is 0.341 e. The molecule has 0 aliphatic carbocycles. The van der Waals surface area contributed by atoms with Gasteiger partial charge in [-0.2, -0.15) is 5.10 Å². The van der Waals surface area contributed by atoms with Gasteiger partial charge in [-0.05, 0) is 49.4 Å². The van der Waals surface area contributed by atoms with E-state index < -0.39 is 18.0 Å². The first-order valence-electron chi connectivity index (χ1n) is 10.3. The fraction of sp³-hybridized carbons (Fsp3) is 0.120. The molecule has 1 aliphatic rings. The van der Waals surface area contributed by atoms with Crippen LogP contribution in [-0.4, -0.2) is 27.8 Å². The van der Waals surface area contributed by atoms with Crippen LogP contribution in [0.5, 0.6) is 0 Å². The van der Waals surface area contributed by atoms with E-state index in [2.05, 4.69) is 37.7 Å². The molecule has 1 aliphatic heterocycles. The van der Waals surface area contributed by atoms with Crippen molar-refractivity contribution in [3.63, 3.8) is 0 Å². The number of hydrogen-bond acceptors (Lipinski definition) is 4. The van der Waals surface area contributed by atoms with Crippen molar-refractivity contribution in [3.05, 3.63) is 82.2 Å². The Bertz CT molecular complexity index is 1440. The molecule has 162 valence electrons. The van der Waals surface area contributed by atoms with Gasteiger partial charge in [0.2, 0.25) is 5.91 Å². The van der Waals surface area contributed by atoms with Crippen LogP contribution in [0.2, 0.25) is 0 Å². The molecule has 2 aromatic heterocycles. The van der Waals surface area contributed by atoms with Crippen molar-refractivity contribution in [1.82, 2.24) is 15.5 Å². The Hall–Kier alpha value is -4.22. The SMILES string of the molecule is CC1=NC(=O)NC(c2ccc(C#Cc3ccccc3)s2)C1C(=O)Nc1ccc2[nH]ncc2c1. The quantitative estimate of drug-likeness (QED) is 0.398. The van der Waals surface area contributed by atoms with Gasteiger partial charge in [0.25, 0.3) is 0 Å². The Morgan fingerprint density at radius 3 is 2.79 bits per heavy atom. The molecule has 0 fully saturated rings. The van der Waals surface area contributed by atoms with E-state index in [0.717, 1.165) is 26.2 Å². The zero-order valence-electron chi connectivity index (χ0n) is 17.6. The molecule has 7 nitrogen and oxygen atoms in total. The molecule has 0 spiro atoms. The second-order valence-corrected chi connectivity index (χ2v) is 8.75. The first-order chi connectivity index (χ1) is 16.1. The van der Waals surface area contributed by atoms with E-state index in [0.29, 0.717) is 11.4 Å². The van der Waals surface area contributed by atoms with Gasteiger partial charge in [0.15, 0.2) is 0 Å². The number of carbonyl (C=O) groups is 2. The van der Waals surface area contributed by atoms with E-state index in [-0.39, 0.29) is 5.91 Å². The number of nitrogens with one attached hydrogen (secondary N) is 3. The summed E-state index contributed by atoms with van der Waals surface area (Å²) in [6, 6.07) is 18.1. The summed E-state index contributed by atoms with van der Waals surface area (Å²) in [7, 11) is 0. The Morgan fingerprint density at radius 2 is 1.94 bits per heavy atom. The highest BCUT2D eigenvalue weighted by molar-refractivity contribution is 7.12. The average Bonchev–Trinajstić information content (AvgIpc) is 3.47. The number of carbonyl (C=O) groups excluding carboxylic acids is 2. The number of fused-ring (bicyclic) bond motifs is 1. The van der Waals surface area contributed by atoms with Gasteiger partial charge in [0.05, 0.1) is 22.6 Å². The smallest absolute Gasteiger partial charge is 0.327 e. The van der Waals surface area contributed by atoms with E-state index >= 15 is 0 Å². The predicted molar refractivity (Wildman–Crippen MR) is 129 cm³/mol. The lowest BCUT2D eigenvalue weighted by atomic mass is 9.91. The lowest BCUT2D eigenvalue weighted by molar-refractivity contribution is -0.118. The van der Waals surface area contributed by atoms with Crippen molar-refractivity contribution in [3.8, 4) is 11.8 Å². The number of amides is 3. The Morgan fingerprint density at radius 1 is 1.09 bits per heavy atom. The van der Waals surface area contributed by atoms with Crippen LogP contribution >= 0.6 is 11.3 Å². The van der Waals surface area contributed by atoms with Crippen molar-refractivity contribution in [2.45, 2.75) is 13.0 Å². The van der Waals surface area contributed by atoms with Crippen LogP contribution in [0.25, 0.3) is 10.9 Å². The van der Waals surface area contributed by atoms with E-state index in [9.17, 15) is 9.59 Å². The van der Waals surface area contributed by atoms with Crippen molar-refractivity contribution >= 4 is 45.6 Å². The summed E-state index contributed by atoms with van der Waals surface area (Å²) in [5, 5.41) is 13.6. The van der Waals surface area contributed by atoms with Gasteiger partial charge in [-0.1, -0.05) is 30.0 Å². The van der Waals surface area contributed by atoms with E-state index in [1.807, 2.05) is 60.7 Å². The predicted octanol–water partition coefficient (Wildman–Crippen LogP) is 4.50. The van der Waals surface area contributed by atoms with Crippen molar-refractivity contribution < 1.29 is 9.59 Å². The summed E-state index contributed by atoms with van der Waals surface area (Å²) >= 11 is 1.46. The van der Waals surface area contributed by atoms with Gasteiger partial charge in [0, 0.05) is 27.2 Å². The van der Waals surface area contributed by atoms with Gasteiger partial charge in [0.1, 0.15) is 5.92 Å². The van der Waals surface area contributed by atoms with Crippen LogP contribution in [0.3, 0.4) is 0 Å². The first kappa shape index (κ1) is 20.7. The fourth-order valence-corrected chi connectivity index (χ4v) is 4.73. The van der Waals surface area contributed by atoms with Crippen molar-refractivity contribution in [2.75, 3.05) is 5.32 Å². The topological polar surface area (TPSA) is 99.2 Å². The van der Waals surface area contributed by atoms with E-state index in [4.69, 9.17) is 0 Å². The Balaban J connectivity index is 1.40. The third kappa shape index (κ3) is 4.40. The molecule has 3 heterocycles. The highest BCUT2D eigenvalue weighted by Crippen LogP contribution is 2.33. The molecule has 0 radical (unpaired) electrons.